The second kappa shape index (κ2) is 6.24. The minimum absolute atomic E-state index is 0.135. The van der Waals surface area contributed by atoms with Gasteiger partial charge in [-0.15, -0.1) is 0 Å². The Morgan fingerprint density at radius 3 is 2.25 bits per heavy atom. The molecule has 0 radical (unpaired) electrons. The summed E-state index contributed by atoms with van der Waals surface area (Å²) in [5, 5.41) is 2.89. The van der Waals surface area contributed by atoms with Crippen molar-refractivity contribution in [2.45, 2.75) is 19.8 Å². The largest absolute Gasteiger partial charge is 0.326 e. The smallest absolute Gasteiger partial charge is 0.308 e. The molecule has 0 aliphatic carbocycles. The molecule has 0 aliphatic heterocycles. The molecule has 2 aromatic rings. The van der Waals surface area contributed by atoms with Gasteiger partial charge in [-0.2, -0.15) is 0 Å². The second-order valence-electron chi connectivity index (χ2n) is 5.07. The van der Waals surface area contributed by atoms with Crippen LogP contribution in [0.3, 0.4) is 0 Å². The molecule has 2 aromatic carbocycles. The lowest BCUT2D eigenvalue weighted by Gasteiger charge is -2.22. The van der Waals surface area contributed by atoms with Crippen LogP contribution in [-0.4, -0.2) is 13.1 Å². The van der Waals surface area contributed by atoms with Gasteiger partial charge in [-0.25, -0.2) is 4.79 Å². The van der Waals surface area contributed by atoms with Gasteiger partial charge in [-0.05, 0) is 29.7 Å². The summed E-state index contributed by atoms with van der Waals surface area (Å²) in [7, 11) is 1.79. The van der Waals surface area contributed by atoms with E-state index in [0.29, 0.717) is 5.92 Å². The zero-order valence-electron chi connectivity index (χ0n) is 12.1. The number of para-hydroxylation sites is 2. The van der Waals surface area contributed by atoms with Gasteiger partial charge in [0.15, 0.2) is 0 Å². The summed E-state index contributed by atoms with van der Waals surface area (Å²) >= 11 is 0. The number of carbonyl (C=O) groups excluding carboxylic acids is 1. The van der Waals surface area contributed by atoms with E-state index < -0.39 is 0 Å². The third kappa shape index (κ3) is 3.18. The third-order valence-corrected chi connectivity index (χ3v) is 3.25. The van der Waals surface area contributed by atoms with Gasteiger partial charge in [-0.3, -0.25) is 4.90 Å². The van der Waals surface area contributed by atoms with Gasteiger partial charge in [-0.1, -0.05) is 50.2 Å². The summed E-state index contributed by atoms with van der Waals surface area (Å²) in [5.74, 6) is 0.373. The van der Waals surface area contributed by atoms with Crippen molar-refractivity contribution in [3.05, 3.63) is 60.2 Å². The highest BCUT2D eigenvalue weighted by molar-refractivity contribution is 6.01. The molecule has 0 atom stereocenters. The SMILES string of the molecule is CC(C)c1ccccc1N(C)C(=O)Nc1ccccc1. The molecule has 3 nitrogen and oxygen atoms in total. The predicted octanol–water partition coefficient (Wildman–Crippen LogP) is 4.48. The Bertz CT molecular complexity index is 579. The Labute approximate surface area is 120 Å². The van der Waals surface area contributed by atoms with Crippen LogP contribution >= 0.6 is 0 Å². The maximum absolute atomic E-state index is 12.3. The molecule has 0 aromatic heterocycles. The number of nitrogens with zero attached hydrogens (tertiary/aromatic N) is 1. The first-order chi connectivity index (χ1) is 9.59. The van der Waals surface area contributed by atoms with E-state index in [2.05, 4.69) is 25.2 Å². The van der Waals surface area contributed by atoms with Crippen molar-refractivity contribution >= 4 is 17.4 Å². The topological polar surface area (TPSA) is 32.3 Å². The Morgan fingerprint density at radius 1 is 1.00 bits per heavy atom. The Morgan fingerprint density at radius 2 is 1.60 bits per heavy atom. The van der Waals surface area contributed by atoms with Crippen LogP contribution in [0.1, 0.15) is 25.3 Å². The quantitative estimate of drug-likeness (QED) is 0.874. The lowest BCUT2D eigenvalue weighted by atomic mass is 10.0. The van der Waals surface area contributed by atoms with Gasteiger partial charge in [0.2, 0.25) is 0 Å². The lowest BCUT2D eigenvalue weighted by Crippen LogP contribution is -2.32. The van der Waals surface area contributed by atoms with Crippen LogP contribution in [0.4, 0.5) is 16.2 Å². The normalized spacial score (nSPS) is 10.4. The molecule has 0 heterocycles. The maximum atomic E-state index is 12.3. The van der Waals surface area contributed by atoms with Gasteiger partial charge in [0, 0.05) is 18.4 Å². The van der Waals surface area contributed by atoms with Gasteiger partial charge >= 0.3 is 6.03 Å². The summed E-state index contributed by atoms with van der Waals surface area (Å²) in [6, 6.07) is 17.3. The number of benzene rings is 2. The molecular weight excluding hydrogens is 248 g/mol. The standard InChI is InChI=1S/C17H20N2O/c1-13(2)15-11-7-8-12-16(15)19(3)17(20)18-14-9-5-4-6-10-14/h4-13H,1-3H3,(H,18,20). The minimum Gasteiger partial charge on any atom is -0.308 e. The Kier molecular flexibility index (Phi) is 4.41. The lowest BCUT2D eigenvalue weighted by molar-refractivity contribution is 0.258. The monoisotopic (exact) mass is 268 g/mol. The predicted molar refractivity (Wildman–Crippen MR) is 84.4 cm³/mol. The second-order valence-corrected chi connectivity index (χ2v) is 5.07. The fourth-order valence-corrected chi connectivity index (χ4v) is 2.12. The first kappa shape index (κ1) is 14.1. The summed E-state index contributed by atoms with van der Waals surface area (Å²) in [4.78, 5) is 14.0. The zero-order valence-corrected chi connectivity index (χ0v) is 12.1. The molecule has 0 aliphatic rings. The molecule has 0 saturated carbocycles. The van der Waals surface area contributed by atoms with Crippen LogP contribution in [0.25, 0.3) is 0 Å². The highest BCUT2D eigenvalue weighted by Crippen LogP contribution is 2.26. The summed E-state index contributed by atoms with van der Waals surface area (Å²) < 4.78 is 0. The fraction of sp³-hybridized carbons (Fsp3) is 0.235. The zero-order chi connectivity index (χ0) is 14.5. The van der Waals surface area contributed by atoms with Gasteiger partial charge < -0.3 is 5.32 Å². The third-order valence-electron chi connectivity index (χ3n) is 3.25. The van der Waals surface area contributed by atoms with Crippen molar-refractivity contribution in [3.8, 4) is 0 Å². The van der Waals surface area contributed by atoms with Crippen LogP contribution in [-0.2, 0) is 0 Å². The molecule has 0 bridgehead atoms. The van der Waals surface area contributed by atoms with Crippen LogP contribution < -0.4 is 10.2 Å². The number of carbonyl (C=O) groups is 1. The Hall–Kier alpha value is -2.29. The molecule has 0 unspecified atom stereocenters. The van der Waals surface area contributed by atoms with E-state index in [1.165, 1.54) is 5.56 Å². The van der Waals surface area contributed by atoms with E-state index in [1.54, 1.807) is 11.9 Å². The number of anilines is 2. The summed E-state index contributed by atoms with van der Waals surface area (Å²) in [6.07, 6.45) is 0. The number of hydrogen-bond acceptors (Lipinski definition) is 1. The molecule has 104 valence electrons. The van der Waals surface area contributed by atoms with E-state index in [-0.39, 0.29) is 6.03 Å². The van der Waals surface area contributed by atoms with Crippen molar-refractivity contribution in [1.82, 2.24) is 0 Å². The van der Waals surface area contributed by atoms with E-state index in [4.69, 9.17) is 0 Å². The fourth-order valence-electron chi connectivity index (χ4n) is 2.12. The highest BCUT2D eigenvalue weighted by atomic mass is 16.2. The summed E-state index contributed by atoms with van der Waals surface area (Å²) in [5.41, 5.74) is 2.90. The van der Waals surface area contributed by atoms with Crippen molar-refractivity contribution in [2.75, 3.05) is 17.3 Å². The molecular formula is C17H20N2O. The number of urea groups is 1. The Balaban J connectivity index is 2.19. The summed E-state index contributed by atoms with van der Waals surface area (Å²) in [6.45, 7) is 4.25. The average molecular weight is 268 g/mol. The number of hydrogen-bond donors (Lipinski definition) is 1. The van der Waals surface area contributed by atoms with Crippen molar-refractivity contribution in [3.63, 3.8) is 0 Å². The minimum atomic E-state index is -0.135. The maximum Gasteiger partial charge on any atom is 0.326 e. The number of rotatable bonds is 3. The first-order valence-electron chi connectivity index (χ1n) is 6.78. The van der Waals surface area contributed by atoms with Crippen molar-refractivity contribution < 1.29 is 4.79 Å². The number of amides is 2. The van der Waals surface area contributed by atoms with Crippen LogP contribution in [0, 0.1) is 0 Å². The molecule has 2 amide bonds. The van der Waals surface area contributed by atoms with Crippen molar-refractivity contribution in [2.24, 2.45) is 0 Å². The highest BCUT2D eigenvalue weighted by Gasteiger charge is 2.15. The van der Waals surface area contributed by atoms with E-state index in [0.717, 1.165) is 11.4 Å². The molecule has 0 saturated heterocycles. The molecule has 1 N–H and O–H groups in total. The van der Waals surface area contributed by atoms with Crippen LogP contribution in [0.15, 0.2) is 54.6 Å². The molecule has 0 fully saturated rings. The molecule has 2 rings (SSSR count). The van der Waals surface area contributed by atoms with Crippen LogP contribution in [0.5, 0.6) is 0 Å². The van der Waals surface area contributed by atoms with Crippen LogP contribution in [0.2, 0.25) is 0 Å². The molecule has 3 heteroatoms. The first-order valence-corrected chi connectivity index (χ1v) is 6.78. The van der Waals surface area contributed by atoms with E-state index in [9.17, 15) is 4.79 Å². The number of nitrogens with one attached hydrogen (secondary N) is 1. The van der Waals surface area contributed by atoms with Gasteiger partial charge in [0.1, 0.15) is 0 Å². The van der Waals surface area contributed by atoms with Gasteiger partial charge in [0.05, 0.1) is 0 Å². The molecule has 20 heavy (non-hydrogen) atoms. The van der Waals surface area contributed by atoms with Crippen molar-refractivity contribution in [1.29, 1.82) is 0 Å². The van der Waals surface area contributed by atoms with Gasteiger partial charge in [0.25, 0.3) is 0 Å². The average Bonchev–Trinajstić information content (AvgIpc) is 2.47. The molecule has 0 spiro atoms. The van der Waals surface area contributed by atoms with E-state index >= 15 is 0 Å². The van der Waals surface area contributed by atoms with E-state index in [1.807, 2.05) is 48.5 Å².